The van der Waals surface area contributed by atoms with E-state index in [1.165, 1.54) is 48.5 Å². The van der Waals surface area contributed by atoms with Crippen molar-refractivity contribution in [2.45, 2.75) is 24.8 Å². The summed E-state index contributed by atoms with van der Waals surface area (Å²) in [7, 11) is 1.43. The maximum atomic E-state index is 15.8. The fourth-order valence-corrected chi connectivity index (χ4v) is 4.22. The topological polar surface area (TPSA) is 101 Å². The van der Waals surface area contributed by atoms with E-state index < -0.39 is 42.1 Å². The van der Waals surface area contributed by atoms with Gasteiger partial charge < -0.3 is 15.4 Å². The Morgan fingerprint density at radius 2 is 2.06 bits per heavy atom. The number of likely N-dealkylation sites (N-methyl/N-ethyl adjacent to an activating group) is 1. The second-order valence-corrected chi connectivity index (χ2v) is 8.84. The number of amides is 3. The first-order valence-electron chi connectivity index (χ1n) is 11.0. The summed E-state index contributed by atoms with van der Waals surface area (Å²) in [6.45, 7) is -1.15. The van der Waals surface area contributed by atoms with Crippen molar-refractivity contribution >= 4 is 40.3 Å². The van der Waals surface area contributed by atoms with E-state index in [0.29, 0.717) is 10.8 Å². The number of nitrogens with two attached hydrogens (primary N) is 1. The third kappa shape index (κ3) is 5.17. The molecule has 0 radical (unpaired) electrons. The van der Waals surface area contributed by atoms with Gasteiger partial charge in [-0.25, -0.2) is 27.7 Å². The van der Waals surface area contributed by atoms with Crippen LogP contribution in [0.1, 0.15) is 12.0 Å². The molecule has 1 aliphatic heterocycles. The standard InChI is InChI=1S/C24H23ClF3N5O3/c1-32-18(12-36-22(34)31-20-8-16-7-17(26)6-5-14(16)10-30-20)9-24(28,13-29)33(23(32)35)11-15-3-2-4-19(27)21(15)25/h2-8,10,18H,9,11-13,29H2,1H3,(H,30,31,34)/t18-,24?/m0/s1. The molecule has 3 aromatic rings. The second kappa shape index (κ2) is 10.2. The number of hydrogen-bond acceptors (Lipinski definition) is 5. The first kappa shape index (κ1) is 25.5. The number of aromatic nitrogens is 1. The summed E-state index contributed by atoms with van der Waals surface area (Å²) in [5.74, 6) is -3.28. The molecule has 2 atom stereocenters. The molecule has 1 unspecified atom stereocenters. The van der Waals surface area contributed by atoms with Crippen LogP contribution in [0, 0.1) is 11.6 Å². The van der Waals surface area contributed by atoms with Gasteiger partial charge in [0.1, 0.15) is 24.1 Å². The summed E-state index contributed by atoms with van der Waals surface area (Å²) < 4.78 is 48.3. The quantitative estimate of drug-likeness (QED) is 0.459. The number of fused-ring (bicyclic) bond motifs is 1. The minimum atomic E-state index is -2.28. The Kier molecular flexibility index (Phi) is 7.23. The number of carbonyl (C=O) groups is 2. The van der Waals surface area contributed by atoms with Gasteiger partial charge >= 0.3 is 12.1 Å². The zero-order valence-electron chi connectivity index (χ0n) is 19.2. The zero-order chi connectivity index (χ0) is 26.0. The van der Waals surface area contributed by atoms with Crippen LogP contribution in [0.3, 0.4) is 0 Å². The zero-order valence-corrected chi connectivity index (χ0v) is 19.9. The highest BCUT2D eigenvalue weighted by molar-refractivity contribution is 6.31. The Morgan fingerprint density at radius 3 is 2.81 bits per heavy atom. The van der Waals surface area contributed by atoms with E-state index in [0.717, 1.165) is 11.0 Å². The first-order valence-corrected chi connectivity index (χ1v) is 11.3. The molecule has 0 aliphatic carbocycles. The lowest BCUT2D eigenvalue weighted by Gasteiger charge is -2.47. The summed E-state index contributed by atoms with van der Waals surface area (Å²) in [5.41, 5.74) is 5.91. The second-order valence-electron chi connectivity index (χ2n) is 8.46. The Balaban J connectivity index is 1.42. The van der Waals surface area contributed by atoms with Gasteiger partial charge in [0.15, 0.2) is 0 Å². The first-order chi connectivity index (χ1) is 17.1. The summed E-state index contributed by atoms with van der Waals surface area (Å²) in [6.07, 6.45) is 0.320. The van der Waals surface area contributed by atoms with Gasteiger partial charge in [-0.2, -0.15) is 0 Å². The van der Waals surface area contributed by atoms with Gasteiger partial charge in [-0.1, -0.05) is 23.7 Å². The van der Waals surface area contributed by atoms with E-state index in [4.69, 9.17) is 22.1 Å². The molecule has 2 aromatic carbocycles. The molecule has 1 saturated heterocycles. The third-order valence-corrected chi connectivity index (χ3v) is 6.53. The third-order valence-electron chi connectivity index (χ3n) is 6.11. The predicted octanol–water partition coefficient (Wildman–Crippen LogP) is 4.67. The molecule has 4 rings (SSSR count). The van der Waals surface area contributed by atoms with Crippen molar-refractivity contribution in [1.82, 2.24) is 14.8 Å². The maximum absolute atomic E-state index is 15.8. The number of benzene rings is 2. The predicted molar refractivity (Wildman–Crippen MR) is 128 cm³/mol. The highest BCUT2D eigenvalue weighted by Gasteiger charge is 2.49. The van der Waals surface area contributed by atoms with Crippen LogP contribution in [0.25, 0.3) is 10.8 Å². The highest BCUT2D eigenvalue weighted by Crippen LogP contribution is 2.34. The number of urea groups is 1. The number of pyridine rings is 1. The van der Waals surface area contributed by atoms with Gasteiger partial charge in [-0.15, -0.1) is 0 Å². The van der Waals surface area contributed by atoms with Crippen LogP contribution in [-0.4, -0.2) is 58.9 Å². The molecule has 12 heteroatoms. The van der Waals surface area contributed by atoms with E-state index in [1.807, 2.05) is 0 Å². The Hall–Kier alpha value is -3.57. The summed E-state index contributed by atoms with van der Waals surface area (Å²) in [5, 5.41) is 3.43. The van der Waals surface area contributed by atoms with Gasteiger partial charge in [-0.05, 0) is 41.3 Å². The van der Waals surface area contributed by atoms with Crippen LogP contribution in [0.5, 0.6) is 0 Å². The summed E-state index contributed by atoms with van der Waals surface area (Å²) >= 11 is 5.98. The van der Waals surface area contributed by atoms with Crippen LogP contribution in [-0.2, 0) is 11.3 Å². The molecule has 190 valence electrons. The largest absolute Gasteiger partial charge is 0.447 e. The Labute approximate surface area is 209 Å². The number of halogens is 4. The average molecular weight is 522 g/mol. The van der Waals surface area contributed by atoms with Crippen molar-refractivity contribution in [1.29, 1.82) is 0 Å². The van der Waals surface area contributed by atoms with Gasteiger partial charge in [0.25, 0.3) is 0 Å². The normalized spacial score (nSPS) is 20.1. The lowest BCUT2D eigenvalue weighted by atomic mass is 9.98. The van der Waals surface area contributed by atoms with Crippen LogP contribution >= 0.6 is 11.6 Å². The smallest absolute Gasteiger partial charge is 0.412 e. The molecule has 8 nitrogen and oxygen atoms in total. The van der Waals surface area contributed by atoms with Crippen molar-refractivity contribution < 1.29 is 27.5 Å². The summed E-state index contributed by atoms with van der Waals surface area (Å²) in [6, 6.07) is 8.15. The number of anilines is 1. The number of carbonyl (C=O) groups excluding carboxylic acids is 2. The van der Waals surface area contributed by atoms with Crippen LogP contribution in [0.2, 0.25) is 5.02 Å². The lowest BCUT2D eigenvalue weighted by Crippen LogP contribution is -2.65. The van der Waals surface area contributed by atoms with E-state index in [9.17, 15) is 18.4 Å². The molecule has 1 fully saturated rings. The van der Waals surface area contributed by atoms with Crippen molar-refractivity contribution in [3.05, 3.63) is 70.9 Å². The molecule has 0 bridgehead atoms. The maximum Gasteiger partial charge on any atom is 0.412 e. The summed E-state index contributed by atoms with van der Waals surface area (Å²) in [4.78, 5) is 31.5. The van der Waals surface area contributed by atoms with E-state index >= 15 is 4.39 Å². The van der Waals surface area contributed by atoms with Gasteiger partial charge in [-0.3, -0.25) is 10.2 Å². The van der Waals surface area contributed by atoms with E-state index in [2.05, 4.69) is 10.3 Å². The van der Waals surface area contributed by atoms with E-state index in [1.54, 1.807) is 6.07 Å². The minimum absolute atomic E-state index is 0.131. The van der Waals surface area contributed by atoms with Gasteiger partial charge in [0.05, 0.1) is 17.6 Å². The average Bonchev–Trinajstić information content (AvgIpc) is 2.85. The molecular weight excluding hydrogens is 499 g/mol. The van der Waals surface area contributed by atoms with Crippen molar-refractivity contribution in [2.24, 2.45) is 5.73 Å². The molecule has 1 aliphatic rings. The molecule has 36 heavy (non-hydrogen) atoms. The number of nitrogens with one attached hydrogen (secondary N) is 1. The molecule has 3 N–H and O–H groups in total. The van der Waals surface area contributed by atoms with Gasteiger partial charge in [0.2, 0.25) is 5.79 Å². The number of alkyl halides is 1. The number of nitrogens with zero attached hydrogens (tertiary/aromatic N) is 3. The molecule has 0 saturated carbocycles. The SMILES string of the molecule is CN1C(=O)N(Cc2cccc(F)c2Cl)C(F)(CN)C[C@H]1COC(=O)Nc1cc2cc(F)ccc2cn1. The molecule has 0 spiro atoms. The minimum Gasteiger partial charge on any atom is -0.447 e. The molecule has 1 aromatic heterocycles. The fourth-order valence-electron chi connectivity index (χ4n) is 4.03. The molecule has 3 amide bonds. The Bertz CT molecular complexity index is 1310. The van der Waals surface area contributed by atoms with Crippen molar-refractivity contribution in [3.8, 4) is 0 Å². The van der Waals surface area contributed by atoms with Crippen molar-refractivity contribution in [3.63, 3.8) is 0 Å². The molecular formula is C24H23ClF3N5O3. The van der Waals surface area contributed by atoms with E-state index in [-0.39, 0.29) is 36.0 Å². The van der Waals surface area contributed by atoms with Gasteiger partial charge in [0, 0.05) is 31.6 Å². The van der Waals surface area contributed by atoms with Crippen LogP contribution in [0.4, 0.5) is 28.6 Å². The number of hydrogen-bond donors (Lipinski definition) is 2. The Morgan fingerprint density at radius 1 is 1.28 bits per heavy atom. The number of rotatable bonds is 6. The monoisotopic (exact) mass is 521 g/mol. The van der Waals surface area contributed by atoms with Crippen LogP contribution in [0.15, 0.2) is 48.7 Å². The fraction of sp³-hybridized carbons (Fsp3) is 0.292. The highest BCUT2D eigenvalue weighted by atomic mass is 35.5. The number of ether oxygens (including phenoxy) is 1. The van der Waals surface area contributed by atoms with Crippen molar-refractivity contribution in [2.75, 3.05) is 25.5 Å². The lowest BCUT2D eigenvalue weighted by molar-refractivity contribution is -0.0714. The molecule has 2 heterocycles. The van der Waals surface area contributed by atoms with Crippen LogP contribution < -0.4 is 11.1 Å².